The first-order valence-electron chi connectivity index (χ1n) is 7.76. The number of benzene rings is 2. The molecular weight excluding hydrogens is 340 g/mol. The normalized spacial score (nSPS) is 11.0. The molecule has 2 aromatic carbocycles. The Kier molecular flexibility index (Phi) is 6.84. The minimum atomic E-state index is -0.289. The Bertz CT molecular complexity index is 770. The molecule has 0 radical (unpaired) electrons. The van der Waals surface area contributed by atoms with Gasteiger partial charge < -0.3 is 23.7 Å². The molecule has 26 heavy (non-hydrogen) atoms. The summed E-state index contributed by atoms with van der Waals surface area (Å²) in [5.74, 6) is 2.35. The van der Waals surface area contributed by atoms with Gasteiger partial charge >= 0.3 is 5.97 Å². The number of hydrogen-bond acceptors (Lipinski definition) is 7. The molecule has 0 atom stereocenters. The van der Waals surface area contributed by atoms with E-state index < -0.39 is 0 Å². The second kappa shape index (κ2) is 9.31. The summed E-state index contributed by atoms with van der Waals surface area (Å²) in [5.41, 5.74) is 1.47. The van der Waals surface area contributed by atoms with E-state index in [2.05, 4.69) is 0 Å². The van der Waals surface area contributed by atoms with E-state index in [0.29, 0.717) is 22.8 Å². The number of esters is 1. The molecule has 0 saturated heterocycles. The Morgan fingerprint density at radius 2 is 1.77 bits per heavy atom. The van der Waals surface area contributed by atoms with E-state index in [1.807, 2.05) is 12.1 Å². The summed E-state index contributed by atoms with van der Waals surface area (Å²) in [6.07, 6.45) is 0.766. The number of methoxy groups -OCH3 is 2. The second-order valence-electron chi connectivity index (χ2n) is 5.20. The van der Waals surface area contributed by atoms with E-state index in [1.54, 1.807) is 31.4 Å². The molecule has 7 heteroatoms. The lowest BCUT2D eigenvalue weighted by atomic mass is 10.2. The van der Waals surface area contributed by atoms with Gasteiger partial charge in [-0.1, -0.05) is 6.07 Å². The number of carbonyl (C=O) groups is 2. The molecule has 0 N–H and O–H groups in total. The summed E-state index contributed by atoms with van der Waals surface area (Å²) in [4.78, 5) is 21.0. The smallest absolute Gasteiger partial charge is 0.302 e. The Morgan fingerprint density at radius 1 is 1.04 bits per heavy atom. The average molecular weight is 360 g/mol. The van der Waals surface area contributed by atoms with Gasteiger partial charge in [0, 0.05) is 12.5 Å². The summed E-state index contributed by atoms with van der Waals surface area (Å²) in [7, 11) is 3.09. The zero-order valence-corrected chi connectivity index (χ0v) is 14.8. The van der Waals surface area contributed by atoms with Crippen LogP contribution in [0.25, 0.3) is 0 Å². The van der Waals surface area contributed by atoms with Gasteiger partial charge in [0.25, 0.3) is 0 Å². The number of ether oxygens (including phenoxy) is 5. The van der Waals surface area contributed by atoms with Gasteiger partial charge in [0.1, 0.15) is 12.9 Å². The van der Waals surface area contributed by atoms with Crippen LogP contribution in [0.15, 0.2) is 36.4 Å². The topological polar surface area (TPSA) is 80.3 Å². The van der Waals surface area contributed by atoms with Crippen LogP contribution in [0.2, 0.25) is 0 Å². The lowest BCUT2D eigenvalue weighted by Gasteiger charge is -2.06. The molecule has 2 aromatic rings. The number of carbonyl (C=O) groups excluding carboxylic acids is 2. The molecule has 0 aromatic heterocycles. The fraction of sp³-hybridized carbons (Fsp3) is 0.263. The minimum Gasteiger partial charge on any atom is -0.493 e. The van der Waals surface area contributed by atoms with Gasteiger partial charge in [-0.15, -0.1) is 0 Å². The van der Waals surface area contributed by atoms with Crippen LogP contribution in [-0.2, 0) is 16.1 Å². The van der Waals surface area contributed by atoms with Crippen LogP contribution in [0.4, 0.5) is 0 Å². The van der Waals surface area contributed by atoms with Crippen molar-refractivity contribution in [2.45, 2.75) is 13.5 Å². The van der Waals surface area contributed by atoms with E-state index in [-0.39, 0.29) is 19.4 Å². The first kappa shape index (κ1) is 19.1. The number of rotatable bonds is 5. The molecule has 0 fully saturated rings. The lowest BCUT2D eigenvalue weighted by molar-refractivity contribution is -0.142. The van der Waals surface area contributed by atoms with Crippen molar-refractivity contribution in [3.63, 3.8) is 0 Å². The van der Waals surface area contributed by atoms with E-state index >= 15 is 0 Å². The molecule has 3 rings (SSSR count). The molecule has 138 valence electrons. The fourth-order valence-electron chi connectivity index (χ4n) is 2.14. The fourth-order valence-corrected chi connectivity index (χ4v) is 2.14. The molecule has 7 nitrogen and oxygen atoms in total. The minimum absolute atomic E-state index is 0.256. The van der Waals surface area contributed by atoms with E-state index in [9.17, 15) is 9.59 Å². The second-order valence-corrected chi connectivity index (χ2v) is 5.20. The van der Waals surface area contributed by atoms with Gasteiger partial charge in [0.05, 0.1) is 14.2 Å². The Morgan fingerprint density at radius 3 is 2.42 bits per heavy atom. The Hall–Kier alpha value is -3.22. The lowest BCUT2D eigenvalue weighted by Crippen LogP contribution is -1.98. The monoisotopic (exact) mass is 360 g/mol. The third-order valence-corrected chi connectivity index (χ3v) is 3.42. The van der Waals surface area contributed by atoms with Crippen LogP contribution in [0.5, 0.6) is 23.0 Å². The molecule has 0 spiro atoms. The standard InChI is InChI=1S/C10H10O4.C9H10O3/c1-7(11)12-5-8-2-3-9-10(4-8)14-6-13-9;1-11-8-4-3-7(6-10)5-9(8)12-2/h2-4H,5-6H2,1H3;3-6H,1-2H3. The molecule has 1 aliphatic heterocycles. The van der Waals surface area contributed by atoms with Crippen molar-refractivity contribution < 1.29 is 33.3 Å². The van der Waals surface area contributed by atoms with Gasteiger partial charge in [0.2, 0.25) is 6.79 Å². The molecule has 0 saturated carbocycles. The molecule has 0 amide bonds. The van der Waals surface area contributed by atoms with E-state index in [0.717, 1.165) is 17.6 Å². The summed E-state index contributed by atoms with van der Waals surface area (Å²) in [6.45, 7) is 1.91. The van der Waals surface area contributed by atoms with E-state index in [1.165, 1.54) is 14.0 Å². The highest BCUT2D eigenvalue weighted by Gasteiger charge is 2.13. The van der Waals surface area contributed by atoms with Crippen LogP contribution in [0.1, 0.15) is 22.8 Å². The third-order valence-electron chi connectivity index (χ3n) is 3.42. The quantitative estimate of drug-likeness (QED) is 0.599. The van der Waals surface area contributed by atoms with Crippen LogP contribution in [0.3, 0.4) is 0 Å². The van der Waals surface area contributed by atoms with Crippen molar-refractivity contribution in [3.05, 3.63) is 47.5 Å². The summed E-state index contributed by atoms with van der Waals surface area (Å²) >= 11 is 0. The summed E-state index contributed by atoms with van der Waals surface area (Å²) in [5, 5.41) is 0. The zero-order chi connectivity index (χ0) is 18.9. The Balaban J connectivity index is 0.000000190. The van der Waals surface area contributed by atoms with Crippen molar-refractivity contribution in [2.24, 2.45) is 0 Å². The van der Waals surface area contributed by atoms with Crippen LogP contribution < -0.4 is 18.9 Å². The molecule has 0 bridgehead atoms. The highest BCUT2D eigenvalue weighted by molar-refractivity contribution is 5.76. The molecule has 0 aliphatic carbocycles. The SMILES string of the molecule is CC(=O)OCc1ccc2c(c1)OCO2.COc1ccc(C=O)cc1OC. The van der Waals surface area contributed by atoms with Gasteiger partial charge in [-0.05, 0) is 35.9 Å². The number of hydrogen-bond donors (Lipinski definition) is 0. The molecule has 1 heterocycles. The number of fused-ring (bicyclic) bond motifs is 1. The van der Waals surface area contributed by atoms with Crippen molar-refractivity contribution in [2.75, 3.05) is 21.0 Å². The predicted octanol–water partition coefficient (Wildman–Crippen LogP) is 2.99. The van der Waals surface area contributed by atoms with Gasteiger partial charge in [0.15, 0.2) is 23.0 Å². The van der Waals surface area contributed by atoms with Crippen LogP contribution in [0, 0.1) is 0 Å². The maximum Gasteiger partial charge on any atom is 0.302 e. The van der Waals surface area contributed by atoms with E-state index in [4.69, 9.17) is 23.7 Å². The first-order valence-corrected chi connectivity index (χ1v) is 7.76. The van der Waals surface area contributed by atoms with Crippen LogP contribution >= 0.6 is 0 Å². The van der Waals surface area contributed by atoms with Gasteiger partial charge in [-0.3, -0.25) is 9.59 Å². The van der Waals surface area contributed by atoms with Crippen molar-refractivity contribution in [3.8, 4) is 23.0 Å². The van der Waals surface area contributed by atoms with Crippen molar-refractivity contribution >= 4 is 12.3 Å². The van der Waals surface area contributed by atoms with Crippen molar-refractivity contribution in [1.82, 2.24) is 0 Å². The maximum atomic E-state index is 10.6. The molecule has 0 unspecified atom stereocenters. The third kappa shape index (κ3) is 5.14. The highest BCUT2D eigenvalue weighted by atomic mass is 16.7. The van der Waals surface area contributed by atoms with Gasteiger partial charge in [-0.25, -0.2) is 0 Å². The molecule has 1 aliphatic rings. The zero-order valence-electron chi connectivity index (χ0n) is 14.8. The Labute approximate surface area is 151 Å². The summed E-state index contributed by atoms with van der Waals surface area (Å²) < 4.78 is 25.2. The van der Waals surface area contributed by atoms with Crippen LogP contribution in [-0.4, -0.2) is 33.3 Å². The highest BCUT2D eigenvalue weighted by Crippen LogP contribution is 2.32. The average Bonchev–Trinajstić information content (AvgIpc) is 3.14. The first-order chi connectivity index (χ1) is 12.6. The predicted molar refractivity (Wildman–Crippen MR) is 93.0 cm³/mol. The summed E-state index contributed by atoms with van der Waals surface area (Å²) in [6, 6.07) is 10.5. The maximum absolute atomic E-state index is 10.6. The number of aldehydes is 1. The largest absolute Gasteiger partial charge is 0.493 e. The van der Waals surface area contributed by atoms with Gasteiger partial charge in [-0.2, -0.15) is 0 Å². The van der Waals surface area contributed by atoms with Crippen molar-refractivity contribution in [1.29, 1.82) is 0 Å². The molecular formula is C19H20O7.